The van der Waals surface area contributed by atoms with Crippen LogP contribution >= 0.6 is 15.9 Å². The van der Waals surface area contributed by atoms with Gasteiger partial charge < -0.3 is 10.2 Å². The van der Waals surface area contributed by atoms with E-state index in [1.165, 1.54) is 0 Å². The molecule has 1 saturated heterocycles. The van der Waals surface area contributed by atoms with Crippen molar-refractivity contribution in [2.24, 2.45) is 0 Å². The highest BCUT2D eigenvalue weighted by atomic mass is 79.9. The van der Waals surface area contributed by atoms with E-state index in [2.05, 4.69) is 21.2 Å². The molecule has 0 aromatic heterocycles. The monoisotopic (exact) mass is 336 g/mol. The minimum Gasteiger partial charge on any atom is -0.342 e. The summed E-state index contributed by atoms with van der Waals surface area (Å²) in [7, 11) is 0. The maximum atomic E-state index is 12.9. The summed E-state index contributed by atoms with van der Waals surface area (Å²) in [5.41, 5.74) is 0.196. The molecule has 1 aliphatic heterocycles. The molecule has 1 aromatic carbocycles. The first kappa shape index (κ1) is 13.6. The van der Waals surface area contributed by atoms with Crippen LogP contribution in [0.4, 0.5) is 5.69 Å². The summed E-state index contributed by atoms with van der Waals surface area (Å²) in [6.45, 7) is 0.452. The molecule has 1 spiro atoms. The van der Waals surface area contributed by atoms with Crippen molar-refractivity contribution in [2.75, 3.05) is 11.4 Å². The molecule has 3 rings (SSSR count). The van der Waals surface area contributed by atoms with Crippen LogP contribution in [0.1, 0.15) is 32.1 Å². The van der Waals surface area contributed by atoms with Crippen LogP contribution < -0.4 is 10.2 Å². The van der Waals surface area contributed by atoms with Gasteiger partial charge in [-0.3, -0.25) is 9.59 Å². The van der Waals surface area contributed by atoms with Crippen molar-refractivity contribution in [1.29, 1.82) is 0 Å². The van der Waals surface area contributed by atoms with Crippen LogP contribution in [0.15, 0.2) is 28.7 Å². The van der Waals surface area contributed by atoms with E-state index in [0.29, 0.717) is 13.0 Å². The number of carbonyl (C=O) groups is 2. The smallest absolute Gasteiger partial charge is 0.252 e. The van der Waals surface area contributed by atoms with Crippen LogP contribution in [0, 0.1) is 0 Å². The van der Waals surface area contributed by atoms with Crippen LogP contribution in [-0.4, -0.2) is 23.9 Å². The first-order valence-electron chi connectivity index (χ1n) is 6.99. The lowest BCUT2D eigenvalue weighted by molar-refractivity contribution is -0.129. The van der Waals surface area contributed by atoms with Crippen molar-refractivity contribution in [2.45, 2.75) is 37.6 Å². The van der Waals surface area contributed by atoms with E-state index in [0.717, 1.165) is 35.8 Å². The summed E-state index contributed by atoms with van der Waals surface area (Å²) >= 11 is 3.40. The first-order valence-corrected chi connectivity index (χ1v) is 7.79. The maximum absolute atomic E-state index is 12.9. The molecule has 106 valence electrons. The topological polar surface area (TPSA) is 49.4 Å². The number of benzene rings is 1. The van der Waals surface area contributed by atoms with Crippen LogP contribution in [0.5, 0.6) is 0 Å². The van der Waals surface area contributed by atoms with Gasteiger partial charge in [0.25, 0.3) is 5.91 Å². The molecule has 0 unspecified atom stereocenters. The Labute approximate surface area is 126 Å². The Hall–Kier alpha value is -1.36. The second kappa shape index (κ2) is 5.20. The third-order valence-electron chi connectivity index (χ3n) is 4.19. The van der Waals surface area contributed by atoms with Crippen molar-refractivity contribution in [3.8, 4) is 0 Å². The number of amides is 2. The molecule has 0 bridgehead atoms. The van der Waals surface area contributed by atoms with Gasteiger partial charge in [-0.15, -0.1) is 0 Å². The lowest BCUT2D eigenvalue weighted by Gasteiger charge is -2.31. The zero-order valence-corrected chi connectivity index (χ0v) is 12.8. The molecule has 2 fully saturated rings. The number of rotatable bonds is 1. The van der Waals surface area contributed by atoms with Gasteiger partial charge in [0.15, 0.2) is 0 Å². The molecule has 20 heavy (non-hydrogen) atoms. The quantitative estimate of drug-likeness (QED) is 0.856. The van der Waals surface area contributed by atoms with Crippen molar-refractivity contribution in [3.05, 3.63) is 28.7 Å². The molecule has 1 aliphatic carbocycles. The van der Waals surface area contributed by atoms with Gasteiger partial charge in [-0.2, -0.15) is 0 Å². The van der Waals surface area contributed by atoms with Gasteiger partial charge in [0.05, 0.1) is 0 Å². The lowest BCUT2D eigenvalue weighted by Crippen LogP contribution is -2.55. The number of halogens is 1. The molecule has 1 saturated carbocycles. The molecule has 0 radical (unpaired) electrons. The Morgan fingerprint density at radius 2 is 1.75 bits per heavy atom. The number of anilines is 1. The highest BCUT2D eigenvalue weighted by Crippen LogP contribution is 2.34. The lowest BCUT2D eigenvalue weighted by atomic mass is 9.95. The van der Waals surface area contributed by atoms with E-state index in [1.54, 1.807) is 4.90 Å². The van der Waals surface area contributed by atoms with E-state index >= 15 is 0 Å². The van der Waals surface area contributed by atoms with E-state index in [4.69, 9.17) is 0 Å². The zero-order valence-electron chi connectivity index (χ0n) is 11.2. The van der Waals surface area contributed by atoms with Crippen molar-refractivity contribution in [3.63, 3.8) is 0 Å². The minimum atomic E-state index is -0.666. The van der Waals surface area contributed by atoms with Crippen molar-refractivity contribution in [1.82, 2.24) is 5.32 Å². The van der Waals surface area contributed by atoms with E-state index in [-0.39, 0.29) is 11.8 Å². The second-order valence-corrected chi connectivity index (χ2v) is 6.44. The minimum absolute atomic E-state index is 0.0140. The zero-order chi connectivity index (χ0) is 14.2. The Kier molecular flexibility index (Phi) is 3.54. The van der Waals surface area contributed by atoms with Gasteiger partial charge >= 0.3 is 0 Å². The molecule has 1 N–H and O–H groups in total. The van der Waals surface area contributed by atoms with Gasteiger partial charge in [0.1, 0.15) is 5.54 Å². The molecule has 1 heterocycles. The van der Waals surface area contributed by atoms with Crippen LogP contribution in [-0.2, 0) is 9.59 Å². The fourth-order valence-corrected chi connectivity index (χ4v) is 3.41. The van der Waals surface area contributed by atoms with Crippen LogP contribution in [0.25, 0.3) is 0 Å². The van der Waals surface area contributed by atoms with Gasteiger partial charge in [-0.25, -0.2) is 0 Å². The number of hydrogen-bond donors (Lipinski definition) is 1. The van der Waals surface area contributed by atoms with E-state index in [1.807, 2.05) is 24.3 Å². The summed E-state index contributed by atoms with van der Waals surface area (Å²) in [6.07, 6.45) is 3.87. The van der Waals surface area contributed by atoms with Gasteiger partial charge in [-0.1, -0.05) is 28.8 Å². The predicted molar refractivity (Wildman–Crippen MR) is 80.5 cm³/mol. The van der Waals surface area contributed by atoms with Crippen LogP contribution in [0.3, 0.4) is 0 Å². The Bertz CT molecular complexity index is 535. The first-order chi connectivity index (χ1) is 9.61. The van der Waals surface area contributed by atoms with E-state index in [9.17, 15) is 9.59 Å². The average Bonchev–Trinajstić information content (AvgIpc) is 2.85. The van der Waals surface area contributed by atoms with E-state index < -0.39 is 5.54 Å². The largest absolute Gasteiger partial charge is 0.342 e. The van der Waals surface area contributed by atoms with Gasteiger partial charge in [-0.05, 0) is 37.1 Å². The molecule has 4 nitrogen and oxygen atoms in total. The average molecular weight is 337 g/mol. The molecular weight excluding hydrogens is 320 g/mol. The molecule has 2 amide bonds. The molecule has 1 aromatic rings. The SMILES string of the molecule is O=C1CCN(c2ccc(Br)cc2)C(=O)C2(CCCC2)N1. The number of hydrogen-bond acceptors (Lipinski definition) is 2. The fourth-order valence-electron chi connectivity index (χ4n) is 3.14. The third kappa shape index (κ3) is 2.35. The van der Waals surface area contributed by atoms with Crippen LogP contribution in [0.2, 0.25) is 0 Å². The highest BCUT2D eigenvalue weighted by molar-refractivity contribution is 9.10. The summed E-state index contributed by atoms with van der Waals surface area (Å²) in [4.78, 5) is 26.6. The van der Waals surface area contributed by atoms with Gasteiger partial charge in [0.2, 0.25) is 5.91 Å². The van der Waals surface area contributed by atoms with Gasteiger partial charge in [0, 0.05) is 23.1 Å². The summed E-state index contributed by atoms with van der Waals surface area (Å²) in [5, 5.41) is 2.98. The predicted octanol–water partition coefficient (Wildman–Crippen LogP) is 2.61. The highest BCUT2D eigenvalue weighted by Gasteiger charge is 2.46. The standard InChI is InChI=1S/C15H17BrN2O2/c16-11-3-5-12(6-4-11)18-10-7-13(19)17-15(14(18)20)8-1-2-9-15/h3-6H,1-2,7-10H2,(H,17,19). The normalized spacial score (nSPS) is 21.9. The molecule has 5 heteroatoms. The fraction of sp³-hybridized carbons (Fsp3) is 0.467. The third-order valence-corrected chi connectivity index (χ3v) is 4.72. The van der Waals surface area contributed by atoms with Crippen molar-refractivity contribution < 1.29 is 9.59 Å². The number of nitrogens with one attached hydrogen (secondary N) is 1. The molecule has 2 aliphatic rings. The Morgan fingerprint density at radius 1 is 1.10 bits per heavy atom. The maximum Gasteiger partial charge on any atom is 0.252 e. The molecule has 0 atom stereocenters. The summed E-state index contributed by atoms with van der Waals surface area (Å²) in [6, 6.07) is 7.68. The molecular formula is C15H17BrN2O2. The Morgan fingerprint density at radius 3 is 2.40 bits per heavy atom. The number of carbonyl (C=O) groups excluding carboxylic acids is 2. The Balaban J connectivity index is 1.95. The summed E-state index contributed by atoms with van der Waals surface area (Å²) < 4.78 is 0.980. The second-order valence-electron chi connectivity index (χ2n) is 5.52. The number of nitrogens with zero attached hydrogens (tertiary/aromatic N) is 1. The van der Waals surface area contributed by atoms with Crippen molar-refractivity contribution >= 4 is 33.4 Å². The summed E-state index contributed by atoms with van der Waals surface area (Å²) in [5.74, 6) is 0.0306.